The van der Waals surface area contributed by atoms with Gasteiger partial charge in [0.15, 0.2) is 5.82 Å². The monoisotopic (exact) mass is 391 g/mol. The number of nitrogens with zero attached hydrogens (tertiary/aromatic N) is 5. The quantitative estimate of drug-likeness (QED) is 0.687. The summed E-state index contributed by atoms with van der Waals surface area (Å²) < 4.78 is 1.12. The van der Waals surface area contributed by atoms with Gasteiger partial charge in [-0.15, -0.1) is 5.10 Å². The SMILES string of the molecule is Cn1nc(C(=O)Nc2ccc(Nc3cc(N4CCCC4)cnn3)cc2)ccc1=O. The molecule has 148 valence electrons. The van der Waals surface area contributed by atoms with Gasteiger partial charge in [0.05, 0.1) is 11.9 Å². The Balaban J connectivity index is 1.41. The van der Waals surface area contributed by atoms with Gasteiger partial charge in [0.1, 0.15) is 5.69 Å². The number of rotatable bonds is 5. The Morgan fingerprint density at radius 1 is 1.03 bits per heavy atom. The van der Waals surface area contributed by atoms with Crippen molar-refractivity contribution in [1.82, 2.24) is 20.0 Å². The van der Waals surface area contributed by atoms with E-state index in [2.05, 4.69) is 30.8 Å². The molecule has 3 aromatic rings. The lowest BCUT2D eigenvalue weighted by atomic mass is 10.2. The molecule has 9 nitrogen and oxygen atoms in total. The minimum atomic E-state index is -0.384. The normalized spacial score (nSPS) is 13.3. The van der Waals surface area contributed by atoms with Crippen molar-refractivity contribution in [2.75, 3.05) is 28.6 Å². The molecule has 4 rings (SSSR count). The predicted molar refractivity (Wildman–Crippen MR) is 111 cm³/mol. The van der Waals surface area contributed by atoms with Crippen LogP contribution in [0.4, 0.5) is 22.9 Å². The molecule has 0 spiro atoms. The van der Waals surface area contributed by atoms with Gasteiger partial charge in [0.25, 0.3) is 11.5 Å². The number of benzene rings is 1. The predicted octanol–water partition coefficient (Wildman–Crippen LogP) is 2.17. The number of hydrogen-bond acceptors (Lipinski definition) is 7. The molecule has 0 unspecified atom stereocenters. The van der Waals surface area contributed by atoms with Crippen molar-refractivity contribution < 1.29 is 4.79 Å². The second-order valence-corrected chi connectivity index (χ2v) is 6.83. The molecule has 1 fully saturated rings. The Morgan fingerprint density at radius 2 is 1.76 bits per heavy atom. The van der Waals surface area contributed by atoms with Crippen molar-refractivity contribution in [2.24, 2.45) is 7.05 Å². The van der Waals surface area contributed by atoms with Gasteiger partial charge in [-0.2, -0.15) is 10.2 Å². The molecule has 29 heavy (non-hydrogen) atoms. The van der Waals surface area contributed by atoms with E-state index in [0.717, 1.165) is 29.1 Å². The highest BCUT2D eigenvalue weighted by Crippen LogP contribution is 2.23. The average Bonchev–Trinajstić information content (AvgIpc) is 3.27. The lowest BCUT2D eigenvalue weighted by Gasteiger charge is -2.17. The van der Waals surface area contributed by atoms with Gasteiger partial charge in [-0.05, 0) is 43.2 Å². The van der Waals surface area contributed by atoms with Gasteiger partial charge >= 0.3 is 0 Å². The van der Waals surface area contributed by atoms with Gasteiger partial charge < -0.3 is 15.5 Å². The fourth-order valence-electron chi connectivity index (χ4n) is 3.17. The summed E-state index contributed by atoms with van der Waals surface area (Å²) in [6.45, 7) is 2.09. The summed E-state index contributed by atoms with van der Waals surface area (Å²) in [5.41, 5.74) is 2.41. The van der Waals surface area contributed by atoms with Crippen LogP contribution in [0.15, 0.2) is 53.5 Å². The summed E-state index contributed by atoms with van der Waals surface area (Å²) >= 11 is 0. The van der Waals surface area contributed by atoms with Gasteiger partial charge in [0, 0.05) is 43.6 Å². The smallest absolute Gasteiger partial charge is 0.276 e. The molecule has 0 saturated carbocycles. The first-order valence-corrected chi connectivity index (χ1v) is 9.39. The Labute approximate surface area is 167 Å². The lowest BCUT2D eigenvalue weighted by Crippen LogP contribution is -2.23. The highest BCUT2D eigenvalue weighted by molar-refractivity contribution is 6.02. The molecule has 2 N–H and O–H groups in total. The number of aromatic nitrogens is 4. The fraction of sp³-hybridized carbons (Fsp3) is 0.250. The summed E-state index contributed by atoms with van der Waals surface area (Å²) in [4.78, 5) is 26.0. The molecular weight excluding hydrogens is 370 g/mol. The number of aryl methyl sites for hydroxylation is 1. The van der Waals surface area contributed by atoms with E-state index in [1.807, 2.05) is 18.2 Å². The largest absolute Gasteiger partial charge is 0.370 e. The van der Waals surface area contributed by atoms with Crippen LogP contribution >= 0.6 is 0 Å². The number of anilines is 4. The van der Waals surface area contributed by atoms with E-state index in [-0.39, 0.29) is 17.2 Å². The van der Waals surface area contributed by atoms with Crippen LogP contribution in [0.25, 0.3) is 0 Å². The van der Waals surface area contributed by atoms with Crippen molar-refractivity contribution >= 4 is 28.8 Å². The van der Waals surface area contributed by atoms with E-state index in [9.17, 15) is 9.59 Å². The highest BCUT2D eigenvalue weighted by atomic mass is 16.2. The second-order valence-electron chi connectivity index (χ2n) is 6.83. The molecule has 0 radical (unpaired) electrons. The number of nitrogens with one attached hydrogen (secondary N) is 2. The van der Waals surface area contributed by atoms with Crippen molar-refractivity contribution in [1.29, 1.82) is 0 Å². The van der Waals surface area contributed by atoms with Gasteiger partial charge in [-0.25, -0.2) is 4.68 Å². The Kier molecular flexibility index (Phi) is 5.19. The molecule has 1 saturated heterocycles. The van der Waals surface area contributed by atoms with Crippen LogP contribution in [0.5, 0.6) is 0 Å². The number of amides is 1. The summed E-state index contributed by atoms with van der Waals surface area (Å²) in [6, 6.07) is 11.9. The number of carbonyl (C=O) groups is 1. The zero-order valence-corrected chi connectivity index (χ0v) is 16.0. The summed E-state index contributed by atoms with van der Waals surface area (Å²) in [5.74, 6) is 0.283. The third-order valence-electron chi connectivity index (χ3n) is 4.72. The number of carbonyl (C=O) groups excluding carboxylic acids is 1. The fourth-order valence-corrected chi connectivity index (χ4v) is 3.17. The van der Waals surface area contributed by atoms with Crippen molar-refractivity contribution in [3.63, 3.8) is 0 Å². The van der Waals surface area contributed by atoms with Crippen molar-refractivity contribution in [2.45, 2.75) is 12.8 Å². The highest BCUT2D eigenvalue weighted by Gasteiger charge is 2.13. The first-order chi connectivity index (χ1) is 14.1. The zero-order valence-electron chi connectivity index (χ0n) is 16.0. The molecule has 1 amide bonds. The van der Waals surface area contributed by atoms with Crippen LogP contribution in [0.3, 0.4) is 0 Å². The van der Waals surface area contributed by atoms with Crippen LogP contribution < -0.4 is 21.1 Å². The minimum absolute atomic E-state index is 0.170. The molecular formula is C20H21N7O2. The van der Waals surface area contributed by atoms with E-state index in [1.54, 1.807) is 18.3 Å². The van der Waals surface area contributed by atoms with Crippen molar-refractivity contribution in [3.8, 4) is 0 Å². The molecule has 1 aromatic carbocycles. The van der Waals surface area contributed by atoms with Gasteiger partial charge in [-0.1, -0.05) is 0 Å². The molecule has 0 aliphatic carbocycles. The topological polar surface area (TPSA) is 105 Å². The van der Waals surface area contributed by atoms with E-state index in [0.29, 0.717) is 11.5 Å². The van der Waals surface area contributed by atoms with Gasteiger partial charge in [0.2, 0.25) is 0 Å². The Bertz CT molecular complexity index is 1070. The van der Waals surface area contributed by atoms with Crippen molar-refractivity contribution in [3.05, 3.63) is 64.7 Å². The molecule has 0 bridgehead atoms. The van der Waals surface area contributed by atoms with E-state index < -0.39 is 0 Å². The van der Waals surface area contributed by atoms with Gasteiger partial charge in [-0.3, -0.25) is 9.59 Å². The summed E-state index contributed by atoms with van der Waals surface area (Å²) in [5, 5.41) is 18.2. The standard InChI is InChI=1S/C20H21N7O2/c1-26-19(28)9-8-17(25-26)20(29)23-15-6-4-14(5-7-15)22-18-12-16(13-21-24-18)27-10-2-3-11-27/h4-9,12-13H,2-3,10-11H2,1H3,(H,22,24)(H,23,29). The van der Waals surface area contributed by atoms with Crippen LogP contribution in [-0.4, -0.2) is 39.0 Å². The number of hydrogen-bond donors (Lipinski definition) is 2. The average molecular weight is 391 g/mol. The van der Waals surface area contributed by atoms with Crippen LogP contribution in [0.2, 0.25) is 0 Å². The molecule has 9 heteroatoms. The third kappa shape index (κ3) is 4.40. The van der Waals surface area contributed by atoms with E-state index in [4.69, 9.17) is 0 Å². The minimum Gasteiger partial charge on any atom is -0.370 e. The second kappa shape index (κ2) is 8.09. The van der Waals surface area contributed by atoms with Crippen LogP contribution in [0, 0.1) is 0 Å². The molecule has 0 atom stereocenters. The molecule has 3 heterocycles. The van der Waals surface area contributed by atoms with E-state index >= 15 is 0 Å². The maximum Gasteiger partial charge on any atom is 0.276 e. The van der Waals surface area contributed by atoms with E-state index in [1.165, 1.54) is 32.0 Å². The summed E-state index contributed by atoms with van der Waals surface area (Å²) in [7, 11) is 1.50. The Morgan fingerprint density at radius 3 is 2.48 bits per heavy atom. The molecule has 1 aliphatic rings. The molecule has 2 aromatic heterocycles. The lowest BCUT2D eigenvalue weighted by molar-refractivity contribution is 0.102. The summed E-state index contributed by atoms with van der Waals surface area (Å²) in [6.07, 6.45) is 4.18. The first kappa shape index (κ1) is 18.6. The van der Waals surface area contributed by atoms with Crippen LogP contribution in [0.1, 0.15) is 23.3 Å². The third-order valence-corrected chi connectivity index (χ3v) is 4.72. The maximum absolute atomic E-state index is 12.3. The molecule has 1 aliphatic heterocycles. The zero-order chi connectivity index (χ0) is 20.2. The Hall–Kier alpha value is -3.75. The first-order valence-electron chi connectivity index (χ1n) is 9.39. The maximum atomic E-state index is 12.3. The van der Waals surface area contributed by atoms with Crippen LogP contribution in [-0.2, 0) is 7.05 Å².